The van der Waals surface area contributed by atoms with Crippen LogP contribution in [0.1, 0.15) is 0 Å². The third-order valence-corrected chi connectivity index (χ3v) is 10.4. The lowest BCUT2D eigenvalue weighted by Crippen LogP contribution is -1.97. The molecule has 0 spiro atoms. The van der Waals surface area contributed by atoms with Crippen LogP contribution >= 0.6 is 0 Å². The van der Waals surface area contributed by atoms with Crippen molar-refractivity contribution >= 4 is 76.2 Å². The third-order valence-electron chi connectivity index (χ3n) is 10.4. The molecule has 0 saturated heterocycles. The van der Waals surface area contributed by atoms with Crippen molar-refractivity contribution in [1.82, 2.24) is 13.7 Å². The fraction of sp³-hybridized carbons (Fsp3) is 0. The van der Waals surface area contributed by atoms with Crippen molar-refractivity contribution in [1.29, 1.82) is 0 Å². The first-order valence-corrected chi connectivity index (χ1v) is 16.9. The number of benzene rings is 8. The second-order valence-corrected chi connectivity index (χ2v) is 12.9. The van der Waals surface area contributed by atoms with Crippen LogP contribution in [0.15, 0.2) is 176 Å². The minimum Gasteiger partial charge on any atom is -0.309 e. The topological polar surface area (TPSA) is 14.8 Å². The Balaban J connectivity index is 1.33. The first kappa shape index (κ1) is 26.5. The lowest BCUT2D eigenvalue weighted by Gasteiger charge is -2.13. The van der Waals surface area contributed by atoms with E-state index in [1.807, 2.05) is 0 Å². The van der Waals surface area contributed by atoms with Gasteiger partial charge >= 0.3 is 0 Å². The number of fused-ring (bicyclic) bond motifs is 12. The average molecular weight is 624 g/mol. The summed E-state index contributed by atoms with van der Waals surface area (Å²) in [6.45, 7) is 0. The molecular weight excluding hydrogens is 595 g/mol. The summed E-state index contributed by atoms with van der Waals surface area (Å²) >= 11 is 0. The van der Waals surface area contributed by atoms with Crippen molar-refractivity contribution in [2.24, 2.45) is 0 Å². The van der Waals surface area contributed by atoms with Crippen molar-refractivity contribution in [2.45, 2.75) is 0 Å². The van der Waals surface area contributed by atoms with Gasteiger partial charge in [-0.3, -0.25) is 0 Å². The zero-order valence-corrected chi connectivity index (χ0v) is 26.6. The van der Waals surface area contributed by atoms with E-state index in [-0.39, 0.29) is 0 Å². The van der Waals surface area contributed by atoms with Gasteiger partial charge in [-0.25, -0.2) is 0 Å². The van der Waals surface area contributed by atoms with Gasteiger partial charge < -0.3 is 13.7 Å². The van der Waals surface area contributed by atoms with Crippen LogP contribution in [0, 0.1) is 0 Å². The molecule has 0 atom stereocenters. The van der Waals surface area contributed by atoms with E-state index in [0.717, 1.165) is 11.4 Å². The number of hydrogen-bond acceptors (Lipinski definition) is 0. The van der Waals surface area contributed by atoms with Gasteiger partial charge in [-0.1, -0.05) is 115 Å². The molecule has 0 N–H and O–H groups in total. The molecule has 0 radical (unpaired) electrons. The van der Waals surface area contributed by atoms with Gasteiger partial charge in [-0.15, -0.1) is 0 Å². The van der Waals surface area contributed by atoms with Crippen molar-refractivity contribution < 1.29 is 0 Å². The molecule has 0 bridgehead atoms. The molecule has 3 heterocycles. The van der Waals surface area contributed by atoms with Crippen LogP contribution in [0.5, 0.6) is 0 Å². The molecule has 49 heavy (non-hydrogen) atoms. The molecule has 3 aromatic heterocycles. The Hall–Kier alpha value is -6.58. The van der Waals surface area contributed by atoms with Gasteiger partial charge in [0.1, 0.15) is 0 Å². The van der Waals surface area contributed by atoms with Crippen molar-refractivity contribution in [2.75, 3.05) is 0 Å². The van der Waals surface area contributed by atoms with Crippen LogP contribution in [-0.2, 0) is 0 Å². The second kappa shape index (κ2) is 9.96. The molecule has 11 rings (SSSR count). The molecule has 0 amide bonds. The summed E-state index contributed by atoms with van der Waals surface area (Å²) in [5, 5.41) is 10.1. The molecular formula is C46H29N3. The first-order valence-electron chi connectivity index (χ1n) is 16.9. The molecule has 0 aliphatic heterocycles. The SMILES string of the molecule is c1ccc(-n2c3ccccc3c3ccc(-n4c5ccccc5c5ccc6ccc7c(c8ccccc8n7-c7ccccc7)c6c54)cc32)cc1. The molecule has 0 unspecified atom stereocenters. The molecule has 3 nitrogen and oxygen atoms in total. The standard InChI is InChI=1S/C46H29N3/c1-3-13-31(14-4-1)47-41-22-12-9-19-38(41)45-42(47)28-24-30-23-26-37-35-18-8-11-21-40(35)49(46(37)44(30)45)33-25-27-36-34-17-7-10-20-39(34)48(43(36)29-33)32-15-5-2-6-16-32/h1-29H. The molecule has 0 saturated carbocycles. The Morgan fingerprint density at radius 1 is 0.265 bits per heavy atom. The zero-order chi connectivity index (χ0) is 32.1. The van der Waals surface area contributed by atoms with E-state index in [4.69, 9.17) is 0 Å². The highest BCUT2D eigenvalue weighted by Gasteiger charge is 2.21. The second-order valence-electron chi connectivity index (χ2n) is 12.9. The molecule has 0 aliphatic carbocycles. The zero-order valence-electron chi connectivity index (χ0n) is 26.6. The first-order chi connectivity index (χ1) is 24.3. The maximum atomic E-state index is 2.51. The van der Waals surface area contributed by atoms with Gasteiger partial charge in [0.25, 0.3) is 0 Å². The highest BCUT2D eigenvalue weighted by atomic mass is 15.0. The summed E-state index contributed by atoms with van der Waals surface area (Å²) in [5.41, 5.74) is 10.8. The summed E-state index contributed by atoms with van der Waals surface area (Å²) in [6, 6.07) is 64.2. The monoisotopic (exact) mass is 623 g/mol. The lowest BCUT2D eigenvalue weighted by molar-refractivity contribution is 1.16. The van der Waals surface area contributed by atoms with Crippen LogP contribution in [0.2, 0.25) is 0 Å². The van der Waals surface area contributed by atoms with Crippen LogP contribution in [0.4, 0.5) is 0 Å². The van der Waals surface area contributed by atoms with Crippen molar-refractivity contribution in [3.63, 3.8) is 0 Å². The average Bonchev–Trinajstić information content (AvgIpc) is 3.81. The summed E-state index contributed by atoms with van der Waals surface area (Å²) in [5.74, 6) is 0. The van der Waals surface area contributed by atoms with Crippen LogP contribution in [0.3, 0.4) is 0 Å². The maximum absolute atomic E-state index is 2.51. The number of rotatable bonds is 3. The van der Waals surface area contributed by atoms with E-state index < -0.39 is 0 Å². The van der Waals surface area contributed by atoms with E-state index in [1.165, 1.54) is 81.9 Å². The quantitative estimate of drug-likeness (QED) is 0.186. The highest BCUT2D eigenvalue weighted by Crippen LogP contribution is 2.44. The number of para-hydroxylation sites is 5. The smallest absolute Gasteiger partial charge is 0.0626 e. The minimum absolute atomic E-state index is 1.15. The highest BCUT2D eigenvalue weighted by molar-refractivity contribution is 6.31. The normalized spacial score (nSPS) is 12.1. The van der Waals surface area contributed by atoms with Crippen LogP contribution in [-0.4, -0.2) is 13.7 Å². The van der Waals surface area contributed by atoms with Gasteiger partial charge in [0, 0.05) is 54.8 Å². The van der Waals surface area contributed by atoms with Gasteiger partial charge in [-0.05, 0) is 66.0 Å². The van der Waals surface area contributed by atoms with E-state index in [1.54, 1.807) is 0 Å². The van der Waals surface area contributed by atoms with Crippen molar-refractivity contribution in [3.8, 4) is 17.1 Å². The number of nitrogens with zero attached hydrogens (tertiary/aromatic N) is 3. The Kier molecular flexibility index (Phi) is 5.38. The molecule has 3 heteroatoms. The largest absolute Gasteiger partial charge is 0.309 e. The maximum Gasteiger partial charge on any atom is 0.0626 e. The molecule has 8 aromatic carbocycles. The molecule has 228 valence electrons. The lowest BCUT2D eigenvalue weighted by atomic mass is 10.0. The molecule has 0 aliphatic rings. The van der Waals surface area contributed by atoms with Crippen LogP contribution < -0.4 is 0 Å². The number of aromatic nitrogens is 3. The number of hydrogen-bond donors (Lipinski definition) is 0. The molecule has 11 aromatic rings. The Morgan fingerprint density at radius 2 is 0.755 bits per heavy atom. The molecule has 0 fully saturated rings. The van der Waals surface area contributed by atoms with E-state index in [2.05, 4.69) is 190 Å². The van der Waals surface area contributed by atoms with E-state index >= 15 is 0 Å². The van der Waals surface area contributed by atoms with E-state index in [9.17, 15) is 0 Å². The summed E-state index contributed by atoms with van der Waals surface area (Å²) in [6.07, 6.45) is 0. The summed E-state index contributed by atoms with van der Waals surface area (Å²) in [7, 11) is 0. The fourth-order valence-corrected chi connectivity index (χ4v) is 8.40. The Labute approximate surface area is 282 Å². The van der Waals surface area contributed by atoms with Gasteiger partial charge in [0.15, 0.2) is 0 Å². The van der Waals surface area contributed by atoms with Gasteiger partial charge in [0.05, 0.1) is 33.1 Å². The van der Waals surface area contributed by atoms with Gasteiger partial charge in [0.2, 0.25) is 0 Å². The summed E-state index contributed by atoms with van der Waals surface area (Å²) in [4.78, 5) is 0. The predicted octanol–water partition coefficient (Wildman–Crippen LogP) is 12.1. The van der Waals surface area contributed by atoms with Gasteiger partial charge in [-0.2, -0.15) is 0 Å². The summed E-state index contributed by atoms with van der Waals surface area (Å²) < 4.78 is 7.33. The third kappa shape index (κ3) is 3.62. The Morgan fingerprint density at radius 3 is 1.45 bits per heavy atom. The fourth-order valence-electron chi connectivity index (χ4n) is 8.40. The van der Waals surface area contributed by atoms with Crippen LogP contribution in [0.25, 0.3) is 93.3 Å². The Bertz CT molecular complexity index is 3090. The predicted molar refractivity (Wildman–Crippen MR) is 207 cm³/mol. The van der Waals surface area contributed by atoms with Crippen molar-refractivity contribution in [3.05, 3.63) is 176 Å². The minimum atomic E-state index is 1.15. The van der Waals surface area contributed by atoms with E-state index in [0.29, 0.717) is 0 Å².